The summed E-state index contributed by atoms with van der Waals surface area (Å²) in [5, 5.41) is 0. The highest BCUT2D eigenvalue weighted by Crippen LogP contribution is 2.24. The van der Waals surface area contributed by atoms with E-state index >= 15 is 0 Å². The van der Waals surface area contributed by atoms with Gasteiger partial charge in [-0.15, -0.1) is 0 Å². The molecule has 1 atom stereocenters. The van der Waals surface area contributed by atoms with Crippen molar-refractivity contribution < 1.29 is 28.4 Å². The topological polar surface area (TPSA) is 84.5 Å². The zero-order valence-electron chi connectivity index (χ0n) is 17.0. The van der Waals surface area contributed by atoms with E-state index in [0.29, 0.717) is 44.2 Å². The lowest BCUT2D eigenvalue weighted by Crippen LogP contribution is -3.19. The second-order valence-electron chi connectivity index (χ2n) is 7.59. The lowest BCUT2D eigenvalue weighted by molar-refractivity contribution is -0.918. The monoisotopic (exact) mass is 412 g/mol. The Labute approximate surface area is 175 Å². The van der Waals surface area contributed by atoms with Gasteiger partial charge in [0.2, 0.25) is 5.91 Å². The molecule has 2 aromatic rings. The molecular formula is C22H26N3O5+. The molecule has 2 saturated heterocycles. The van der Waals surface area contributed by atoms with Gasteiger partial charge in [0, 0.05) is 0 Å². The van der Waals surface area contributed by atoms with Crippen LogP contribution in [0.25, 0.3) is 0 Å². The van der Waals surface area contributed by atoms with Crippen LogP contribution in [0.1, 0.15) is 30.3 Å². The van der Waals surface area contributed by atoms with Gasteiger partial charge < -0.3 is 19.0 Å². The van der Waals surface area contributed by atoms with E-state index in [9.17, 15) is 14.4 Å². The third-order valence-electron chi connectivity index (χ3n) is 5.63. The van der Waals surface area contributed by atoms with Crippen molar-refractivity contribution in [2.45, 2.75) is 25.8 Å². The maximum Gasteiger partial charge on any atom is 0.292 e. The van der Waals surface area contributed by atoms with Crippen LogP contribution in [0.3, 0.4) is 0 Å². The molecule has 1 N–H and O–H groups in total. The molecule has 0 saturated carbocycles. The van der Waals surface area contributed by atoms with Crippen LogP contribution < -0.4 is 14.5 Å². The minimum absolute atomic E-state index is 0.139. The molecule has 8 heteroatoms. The molecule has 1 aromatic heterocycles. The lowest BCUT2D eigenvalue weighted by Gasteiger charge is -2.34. The first-order valence-corrected chi connectivity index (χ1v) is 10.4. The minimum atomic E-state index is -0.408. The van der Waals surface area contributed by atoms with Crippen LogP contribution in [-0.2, 0) is 9.59 Å². The number of ether oxygens (including phenoxy) is 1. The number of amides is 3. The van der Waals surface area contributed by atoms with E-state index in [1.165, 1.54) is 11.2 Å². The van der Waals surface area contributed by atoms with Crippen molar-refractivity contribution in [3.05, 3.63) is 48.4 Å². The van der Waals surface area contributed by atoms with Crippen molar-refractivity contribution in [1.29, 1.82) is 0 Å². The molecule has 158 valence electrons. The maximum absolute atomic E-state index is 13.0. The molecule has 0 radical (unpaired) electrons. The first-order chi connectivity index (χ1) is 14.6. The molecule has 0 aliphatic carbocycles. The zero-order valence-corrected chi connectivity index (χ0v) is 17.0. The fraction of sp³-hybridized carbons (Fsp3) is 0.409. The quantitative estimate of drug-likeness (QED) is 0.708. The smallest absolute Gasteiger partial charge is 0.292 e. The maximum atomic E-state index is 13.0. The predicted molar refractivity (Wildman–Crippen MR) is 108 cm³/mol. The number of nitrogens with one attached hydrogen (secondary N) is 1. The fourth-order valence-corrected chi connectivity index (χ4v) is 4.04. The van der Waals surface area contributed by atoms with Crippen molar-refractivity contribution >= 4 is 23.4 Å². The minimum Gasteiger partial charge on any atom is -0.494 e. The highest BCUT2D eigenvalue weighted by Gasteiger charge is 2.46. The number of carbonyl (C=O) groups is 3. The summed E-state index contributed by atoms with van der Waals surface area (Å²) in [5.41, 5.74) is 0.572. The normalized spacial score (nSPS) is 20.1. The number of piperazine rings is 1. The molecule has 0 bridgehead atoms. The van der Waals surface area contributed by atoms with E-state index in [2.05, 4.69) is 0 Å². The van der Waals surface area contributed by atoms with Gasteiger partial charge in [-0.05, 0) is 42.8 Å². The standard InChI is InChI=1S/C22H25N3O5/c1-2-13-29-17-7-5-16(6-8-17)25-20(26)15-18(21(25)27)23-9-11-24(12-10-23)22(28)19-4-3-14-30-19/h3-8,14,18H,2,9-13,15H2,1H3/p+1/t18-/m0/s1. The summed E-state index contributed by atoms with van der Waals surface area (Å²) >= 11 is 0. The molecule has 2 aliphatic rings. The molecule has 0 unspecified atom stereocenters. The van der Waals surface area contributed by atoms with Crippen molar-refractivity contribution in [3.63, 3.8) is 0 Å². The van der Waals surface area contributed by atoms with Crippen LogP contribution in [0.2, 0.25) is 0 Å². The van der Waals surface area contributed by atoms with Gasteiger partial charge >= 0.3 is 0 Å². The summed E-state index contributed by atoms with van der Waals surface area (Å²) in [4.78, 5) is 42.1. The number of rotatable bonds is 6. The number of nitrogens with zero attached hydrogens (tertiary/aromatic N) is 2. The first-order valence-electron chi connectivity index (χ1n) is 10.4. The number of furan rings is 1. The lowest BCUT2D eigenvalue weighted by atomic mass is 10.1. The molecule has 8 nitrogen and oxygen atoms in total. The van der Waals surface area contributed by atoms with Crippen molar-refractivity contribution in [3.8, 4) is 5.75 Å². The average molecular weight is 412 g/mol. The van der Waals surface area contributed by atoms with E-state index < -0.39 is 6.04 Å². The molecule has 3 amide bonds. The molecule has 3 heterocycles. The molecule has 2 fully saturated rings. The summed E-state index contributed by atoms with van der Waals surface area (Å²) in [6.07, 6.45) is 2.58. The van der Waals surface area contributed by atoms with Crippen LogP contribution in [0.4, 0.5) is 5.69 Å². The third-order valence-corrected chi connectivity index (χ3v) is 5.63. The van der Waals surface area contributed by atoms with Gasteiger partial charge in [-0.3, -0.25) is 14.4 Å². The average Bonchev–Trinajstić information content (AvgIpc) is 3.41. The Morgan fingerprint density at radius 3 is 2.53 bits per heavy atom. The number of hydrogen-bond donors (Lipinski definition) is 1. The molecule has 2 aliphatic heterocycles. The number of carbonyl (C=O) groups excluding carboxylic acids is 3. The summed E-state index contributed by atoms with van der Waals surface area (Å²) in [5.74, 6) is 0.541. The summed E-state index contributed by atoms with van der Waals surface area (Å²) in [7, 11) is 0. The van der Waals surface area contributed by atoms with Gasteiger partial charge in [-0.1, -0.05) is 6.92 Å². The van der Waals surface area contributed by atoms with Gasteiger partial charge in [-0.2, -0.15) is 0 Å². The van der Waals surface area contributed by atoms with Crippen molar-refractivity contribution in [2.75, 3.05) is 37.7 Å². The van der Waals surface area contributed by atoms with Crippen LogP contribution in [0, 0.1) is 0 Å². The number of benzene rings is 1. The van der Waals surface area contributed by atoms with Gasteiger partial charge in [0.25, 0.3) is 11.8 Å². The van der Waals surface area contributed by atoms with Gasteiger partial charge in [-0.25, -0.2) is 4.90 Å². The Kier molecular flexibility index (Phi) is 5.85. The van der Waals surface area contributed by atoms with E-state index in [4.69, 9.17) is 9.15 Å². The molecule has 30 heavy (non-hydrogen) atoms. The Hall–Kier alpha value is -3.13. The zero-order chi connectivity index (χ0) is 21.1. The first kappa shape index (κ1) is 20.2. The van der Waals surface area contributed by atoms with E-state index in [1.807, 2.05) is 6.92 Å². The van der Waals surface area contributed by atoms with Gasteiger partial charge in [0.05, 0.1) is 51.2 Å². The second-order valence-corrected chi connectivity index (χ2v) is 7.59. The highest BCUT2D eigenvalue weighted by atomic mass is 16.5. The number of quaternary nitrogens is 1. The van der Waals surface area contributed by atoms with Crippen molar-refractivity contribution in [1.82, 2.24) is 4.90 Å². The van der Waals surface area contributed by atoms with Crippen LogP contribution in [0.5, 0.6) is 5.75 Å². The van der Waals surface area contributed by atoms with Crippen LogP contribution >= 0.6 is 0 Å². The molecule has 4 rings (SSSR count). The third kappa shape index (κ3) is 3.95. The van der Waals surface area contributed by atoms with E-state index in [0.717, 1.165) is 17.1 Å². The van der Waals surface area contributed by atoms with Crippen molar-refractivity contribution in [2.24, 2.45) is 0 Å². The number of hydrogen-bond acceptors (Lipinski definition) is 5. The second kappa shape index (κ2) is 8.71. The predicted octanol–water partition coefficient (Wildman–Crippen LogP) is 0.741. The Balaban J connectivity index is 1.38. The number of imide groups is 1. The summed E-state index contributed by atoms with van der Waals surface area (Å²) in [6.45, 7) is 4.94. The van der Waals surface area contributed by atoms with Crippen LogP contribution in [-0.4, -0.2) is 61.4 Å². The SMILES string of the molecule is CCCOc1ccc(N2C(=O)C[C@H]([NH+]3CCN(C(=O)c4ccco4)CC3)C2=O)cc1. The van der Waals surface area contributed by atoms with E-state index in [-0.39, 0.29) is 24.1 Å². The Morgan fingerprint density at radius 1 is 1.17 bits per heavy atom. The Morgan fingerprint density at radius 2 is 1.90 bits per heavy atom. The van der Waals surface area contributed by atoms with Gasteiger partial charge in [0.15, 0.2) is 11.8 Å². The fourth-order valence-electron chi connectivity index (χ4n) is 4.04. The Bertz CT molecular complexity index is 901. The van der Waals surface area contributed by atoms with Crippen LogP contribution in [0.15, 0.2) is 47.1 Å². The number of anilines is 1. The highest BCUT2D eigenvalue weighted by molar-refractivity contribution is 6.21. The largest absolute Gasteiger partial charge is 0.494 e. The molecule has 1 aromatic carbocycles. The molecule has 0 spiro atoms. The van der Waals surface area contributed by atoms with E-state index in [1.54, 1.807) is 41.3 Å². The molecular weight excluding hydrogens is 386 g/mol. The summed E-state index contributed by atoms with van der Waals surface area (Å²) < 4.78 is 10.8. The van der Waals surface area contributed by atoms with Gasteiger partial charge in [0.1, 0.15) is 5.75 Å². The summed E-state index contributed by atoms with van der Waals surface area (Å²) in [6, 6.07) is 9.99.